The molecular formula is C12H14N4O4S2. The highest BCUT2D eigenvalue weighted by atomic mass is 32.1. The third-order valence-electron chi connectivity index (χ3n) is 2.43. The van der Waals surface area contributed by atoms with Crippen molar-refractivity contribution in [3.8, 4) is 0 Å². The molecule has 0 saturated carbocycles. The van der Waals surface area contributed by atoms with E-state index in [4.69, 9.17) is 17.0 Å². The van der Waals surface area contributed by atoms with Crippen LogP contribution in [0.2, 0.25) is 0 Å². The zero-order chi connectivity index (χ0) is 16.9. The number of methoxy groups -OCH3 is 1. The minimum absolute atomic E-state index is 0.0847. The number of ether oxygens (including phenoxy) is 1. The number of hydrazine groups is 1. The van der Waals surface area contributed by atoms with Crippen LogP contribution in [0.15, 0.2) is 18.3 Å². The Bertz CT molecular complexity index is 606. The summed E-state index contributed by atoms with van der Waals surface area (Å²) in [6.45, 7) is 1.34. The SMILES string of the molecule is COC(=S)N(C)N(C(=O)S)C(=O)c1ccc(NC(C)=O)nc1. The molecule has 0 aliphatic rings. The molecule has 0 radical (unpaired) electrons. The van der Waals surface area contributed by atoms with Gasteiger partial charge < -0.3 is 10.1 Å². The molecule has 0 aliphatic carbocycles. The molecule has 1 rings (SSSR count). The summed E-state index contributed by atoms with van der Waals surface area (Å²) in [7, 11) is 2.70. The van der Waals surface area contributed by atoms with Crippen molar-refractivity contribution in [3.05, 3.63) is 23.9 Å². The molecule has 118 valence electrons. The lowest BCUT2D eigenvalue weighted by molar-refractivity contribution is -0.114. The number of nitrogens with zero attached hydrogens (tertiary/aromatic N) is 3. The van der Waals surface area contributed by atoms with E-state index < -0.39 is 11.1 Å². The van der Waals surface area contributed by atoms with Crippen LogP contribution < -0.4 is 5.32 Å². The molecular weight excluding hydrogens is 328 g/mol. The highest BCUT2D eigenvalue weighted by molar-refractivity contribution is 7.96. The molecule has 1 aromatic rings. The van der Waals surface area contributed by atoms with Crippen molar-refractivity contribution >= 4 is 52.9 Å². The Balaban J connectivity index is 3.02. The molecule has 0 aromatic carbocycles. The van der Waals surface area contributed by atoms with Crippen molar-refractivity contribution in [1.82, 2.24) is 15.0 Å². The Hall–Kier alpha value is -2.20. The van der Waals surface area contributed by atoms with Gasteiger partial charge in [-0.3, -0.25) is 14.4 Å². The first-order valence-corrected chi connectivity index (χ1v) is 6.76. The molecule has 0 unspecified atom stereocenters. The average Bonchev–Trinajstić information content (AvgIpc) is 2.46. The van der Waals surface area contributed by atoms with E-state index in [2.05, 4.69) is 22.9 Å². The van der Waals surface area contributed by atoms with Crippen LogP contribution in [-0.2, 0) is 9.53 Å². The highest BCUT2D eigenvalue weighted by Gasteiger charge is 2.27. The van der Waals surface area contributed by atoms with E-state index in [9.17, 15) is 14.4 Å². The maximum Gasteiger partial charge on any atom is 0.304 e. The van der Waals surface area contributed by atoms with Gasteiger partial charge in [0.2, 0.25) is 5.91 Å². The number of anilines is 1. The number of thiol groups is 1. The number of imide groups is 1. The smallest absolute Gasteiger partial charge is 0.304 e. The summed E-state index contributed by atoms with van der Waals surface area (Å²) in [6.07, 6.45) is 1.22. The number of hydrogen-bond donors (Lipinski definition) is 2. The zero-order valence-corrected chi connectivity index (χ0v) is 13.8. The minimum Gasteiger partial charge on any atom is -0.473 e. The second kappa shape index (κ2) is 7.71. The van der Waals surface area contributed by atoms with E-state index in [0.29, 0.717) is 5.01 Å². The summed E-state index contributed by atoms with van der Waals surface area (Å²) in [5.41, 5.74) is 0.113. The molecule has 0 bridgehead atoms. The number of carbonyl (C=O) groups excluding carboxylic acids is 3. The van der Waals surface area contributed by atoms with Crippen molar-refractivity contribution in [2.45, 2.75) is 6.92 Å². The van der Waals surface area contributed by atoms with Crippen LogP contribution in [0.5, 0.6) is 0 Å². The Kier molecular flexibility index (Phi) is 6.25. The van der Waals surface area contributed by atoms with Crippen molar-refractivity contribution in [2.75, 3.05) is 19.5 Å². The Morgan fingerprint density at radius 3 is 2.41 bits per heavy atom. The lowest BCUT2D eigenvalue weighted by Crippen LogP contribution is -2.48. The molecule has 0 spiro atoms. The molecule has 0 atom stereocenters. The van der Waals surface area contributed by atoms with Gasteiger partial charge in [0.05, 0.1) is 12.7 Å². The highest BCUT2D eigenvalue weighted by Crippen LogP contribution is 2.12. The van der Waals surface area contributed by atoms with Crippen LogP contribution in [0.4, 0.5) is 10.6 Å². The summed E-state index contributed by atoms with van der Waals surface area (Å²) in [5.74, 6) is -0.693. The Morgan fingerprint density at radius 1 is 1.36 bits per heavy atom. The van der Waals surface area contributed by atoms with Crippen molar-refractivity contribution in [2.24, 2.45) is 0 Å². The fourth-order valence-electron chi connectivity index (χ4n) is 1.46. The molecule has 22 heavy (non-hydrogen) atoms. The van der Waals surface area contributed by atoms with Crippen LogP contribution in [0.25, 0.3) is 0 Å². The van der Waals surface area contributed by atoms with E-state index in [-0.39, 0.29) is 22.5 Å². The first-order chi connectivity index (χ1) is 10.3. The van der Waals surface area contributed by atoms with Crippen LogP contribution in [0.1, 0.15) is 17.3 Å². The number of aromatic nitrogens is 1. The second-order valence-corrected chi connectivity index (χ2v) is 4.74. The van der Waals surface area contributed by atoms with Gasteiger partial charge >= 0.3 is 5.24 Å². The van der Waals surface area contributed by atoms with Crippen LogP contribution in [0, 0.1) is 0 Å². The first kappa shape index (κ1) is 17.9. The topological polar surface area (TPSA) is 91.8 Å². The summed E-state index contributed by atoms with van der Waals surface area (Å²) >= 11 is 8.52. The number of thiocarbonyl (C=S) groups is 1. The second-order valence-electron chi connectivity index (χ2n) is 4.01. The monoisotopic (exact) mass is 342 g/mol. The van der Waals surface area contributed by atoms with Gasteiger partial charge in [0, 0.05) is 20.2 Å². The third kappa shape index (κ3) is 4.40. The van der Waals surface area contributed by atoms with E-state index in [0.717, 1.165) is 5.01 Å². The number of amides is 3. The summed E-state index contributed by atoms with van der Waals surface area (Å²) in [6, 6.07) is 2.85. The largest absolute Gasteiger partial charge is 0.473 e. The zero-order valence-electron chi connectivity index (χ0n) is 12.1. The fourth-order valence-corrected chi connectivity index (χ4v) is 1.77. The van der Waals surface area contributed by atoms with Crippen LogP contribution in [-0.4, -0.2) is 51.4 Å². The Morgan fingerprint density at radius 2 is 2.00 bits per heavy atom. The summed E-state index contributed by atoms with van der Waals surface area (Å²) < 4.78 is 4.81. The van der Waals surface area contributed by atoms with Gasteiger partial charge in [-0.05, 0) is 24.4 Å². The van der Waals surface area contributed by atoms with Crippen molar-refractivity contribution in [3.63, 3.8) is 0 Å². The normalized spacial score (nSPS) is 9.64. The van der Waals surface area contributed by atoms with Gasteiger partial charge in [0.15, 0.2) is 0 Å². The standard InChI is InChI=1S/C12H14N4O4S2/c1-7(17)14-9-5-4-8(6-13-9)10(18)16(11(19)21)15(2)12(22)20-3/h4-6H,1-3H3,(H,19,21)(H,13,14,17). The van der Waals surface area contributed by atoms with Gasteiger partial charge in [-0.25, -0.2) is 9.99 Å². The van der Waals surface area contributed by atoms with Gasteiger partial charge in [-0.1, -0.05) is 12.6 Å². The lowest BCUT2D eigenvalue weighted by atomic mass is 10.2. The van der Waals surface area contributed by atoms with Crippen molar-refractivity contribution in [1.29, 1.82) is 0 Å². The van der Waals surface area contributed by atoms with Crippen LogP contribution >= 0.6 is 24.8 Å². The average molecular weight is 342 g/mol. The summed E-state index contributed by atoms with van der Waals surface area (Å²) in [4.78, 5) is 38.7. The van der Waals surface area contributed by atoms with E-state index in [1.165, 1.54) is 39.4 Å². The molecule has 1 N–H and O–H groups in total. The molecule has 0 saturated heterocycles. The van der Waals surface area contributed by atoms with Gasteiger partial charge in [-0.15, -0.1) is 0 Å². The summed E-state index contributed by atoms with van der Waals surface area (Å²) in [5, 5.41) is 3.29. The molecule has 1 aromatic heterocycles. The first-order valence-electron chi connectivity index (χ1n) is 5.90. The molecule has 0 fully saturated rings. The Labute approximate surface area is 137 Å². The molecule has 3 amide bonds. The van der Waals surface area contributed by atoms with Crippen molar-refractivity contribution < 1.29 is 19.1 Å². The number of hydrogen-bond acceptors (Lipinski definition) is 6. The lowest BCUT2D eigenvalue weighted by Gasteiger charge is -2.28. The van der Waals surface area contributed by atoms with Crippen LogP contribution in [0.3, 0.4) is 0 Å². The molecule has 1 heterocycles. The number of pyridine rings is 1. The van der Waals surface area contributed by atoms with Gasteiger partial charge in [0.1, 0.15) is 5.82 Å². The van der Waals surface area contributed by atoms with E-state index in [1.54, 1.807) is 0 Å². The van der Waals surface area contributed by atoms with E-state index in [1.807, 2.05) is 0 Å². The molecule has 10 heteroatoms. The predicted molar refractivity (Wildman–Crippen MR) is 86.5 cm³/mol. The quantitative estimate of drug-likeness (QED) is 0.476. The maximum absolute atomic E-state index is 12.4. The fraction of sp³-hybridized carbons (Fsp3) is 0.250. The predicted octanol–water partition coefficient (Wildman–Crippen LogP) is 1.31. The minimum atomic E-state index is -0.835. The maximum atomic E-state index is 12.4. The van der Waals surface area contributed by atoms with E-state index >= 15 is 0 Å². The number of rotatable bonds is 2. The number of carbonyl (C=O) groups is 3. The van der Waals surface area contributed by atoms with Gasteiger partial charge in [0.25, 0.3) is 11.1 Å². The third-order valence-corrected chi connectivity index (χ3v) is 3.05. The number of nitrogens with one attached hydrogen (secondary N) is 1. The van der Waals surface area contributed by atoms with Gasteiger partial charge in [-0.2, -0.15) is 5.01 Å². The molecule has 8 nitrogen and oxygen atoms in total. The molecule has 0 aliphatic heterocycles.